The van der Waals surface area contributed by atoms with E-state index in [0.717, 1.165) is 17.9 Å². The summed E-state index contributed by atoms with van der Waals surface area (Å²) in [6, 6.07) is 4.83. The Labute approximate surface area is 126 Å². The minimum absolute atomic E-state index is 0.568. The van der Waals surface area contributed by atoms with E-state index in [0.29, 0.717) is 17.6 Å². The van der Waals surface area contributed by atoms with Crippen molar-refractivity contribution in [2.75, 3.05) is 17.3 Å². The highest BCUT2D eigenvalue weighted by molar-refractivity contribution is 7.09. The molecule has 0 atom stereocenters. The van der Waals surface area contributed by atoms with Crippen molar-refractivity contribution in [2.45, 2.75) is 25.4 Å². The molecule has 0 saturated heterocycles. The molecule has 0 spiro atoms. The molecule has 3 aromatic heterocycles. The summed E-state index contributed by atoms with van der Waals surface area (Å²) in [4.78, 5) is 20.2. The fourth-order valence-corrected chi connectivity index (χ4v) is 3.17. The van der Waals surface area contributed by atoms with Gasteiger partial charge < -0.3 is 15.2 Å². The Balaban J connectivity index is 1.79. The molecular weight excluding hydrogens is 284 g/mol. The van der Waals surface area contributed by atoms with Crippen LogP contribution < -0.4 is 10.2 Å². The lowest BCUT2D eigenvalue weighted by Crippen LogP contribution is -2.26. The van der Waals surface area contributed by atoms with Crippen molar-refractivity contribution in [3.05, 3.63) is 28.7 Å². The van der Waals surface area contributed by atoms with Gasteiger partial charge in [-0.3, -0.25) is 0 Å². The molecule has 1 fully saturated rings. The van der Waals surface area contributed by atoms with E-state index >= 15 is 0 Å². The number of rotatable bonds is 5. The fourth-order valence-electron chi connectivity index (χ4n) is 2.47. The van der Waals surface area contributed by atoms with Gasteiger partial charge in [-0.05, 0) is 24.3 Å². The van der Waals surface area contributed by atoms with Crippen LogP contribution in [0.3, 0.4) is 0 Å². The lowest BCUT2D eigenvalue weighted by molar-refractivity contribution is 0.789. The van der Waals surface area contributed by atoms with E-state index in [4.69, 9.17) is 0 Å². The lowest BCUT2D eigenvalue weighted by Gasteiger charge is -2.23. The van der Waals surface area contributed by atoms with Crippen LogP contribution in [0.25, 0.3) is 11.2 Å². The summed E-state index contributed by atoms with van der Waals surface area (Å²) in [7, 11) is 1.83. The summed E-state index contributed by atoms with van der Waals surface area (Å²) in [6.07, 6.45) is 4.12. The smallest absolute Gasteiger partial charge is 0.226 e. The Morgan fingerprint density at radius 2 is 2.33 bits per heavy atom. The summed E-state index contributed by atoms with van der Waals surface area (Å²) in [6.45, 7) is 0.886. The van der Waals surface area contributed by atoms with Crippen LogP contribution in [0.2, 0.25) is 0 Å². The number of fused-ring (bicyclic) bond motifs is 1. The second-order valence-corrected chi connectivity index (χ2v) is 6.19. The van der Waals surface area contributed by atoms with Crippen LogP contribution in [-0.2, 0) is 6.54 Å². The number of nitrogens with zero attached hydrogens (tertiary/aromatic N) is 4. The van der Waals surface area contributed by atoms with Gasteiger partial charge >= 0.3 is 0 Å². The first-order valence-corrected chi connectivity index (χ1v) is 7.91. The van der Waals surface area contributed by atoms with Crippen LogP contribution in [0.1, 0.15) is 17.7 Å². The number of anilines is 2. The molecule has 1 aliphatic carbocycles. The standard InChI is InChI=1S/C14H16N6S/c1-15-14-18-12-11(16-8-17-12)13(19-14)20(9-4-5-9)7-10-3-2-6-21-10/h2-3,6,8-9H,4-5,7H2,1H3,(H2,15,16,17,18,19). The van der Waals surface area contributed by atoms with Crippen molar-refractivity contribution in [1.82, 2.24) is 19.9 Å². The minimum atomic E-state index is 0.568. The van der Waals surface area contributed by atoms with Crippen LogP contribution in [0.5, 0.6) is 0 Å². The minimum Gasteiger partial charge on any atom is -0.357 e. The summed E-state index contributed by atoms with van der Waals surface area (Å²) in [5, 5.41) is 5.14. The predicted octanol–water partition coefficient (Wildman–Crippen LogP) is 2.63. The number of nitrogens with one attached hydrogen (secondary N) is 2. The summed E-state index contributed by atoms with van der Waals surface area (Å²) in [5.74, 6) is 1.55. The van der Waals surface area contributed by atoms with Crippen LogP contribution in [0.4, 0.5) is 11.8 Å². The van der Waals surface area contributed by atoms with Crippen molar-refractivity contribution in [3.8, 4) is 0 Å². The maximum atomic E-state index is 4.67. The first-order chi connectivity index (χ1) is 10.3. The number of H-pyrrole nitrogens is 1. The zero-order valence-electron chi connectivity index (χ0n) is 11.7. The number of hydrogen-bond donors (Lipinski definition) is 2. The molecule has 0 bridgehead atoms. The van der Waals surface area contributed by atoms with E-state index in [9.17, 15) is 0 Å². The molecule has 3 heterocycles. The highest BCUT2D eigenvalue weighted by atomic mass is 32.1. The van der Waals surface area contributed by atoms with Gasteiger partial charge in [0.05, 0.1) is 12.9 Å². The lowest BCUT2D eigenvalue weighted by atomic mass is 10.3. The largest absolute Gasteiger partial charge is 0.357 e. The molecule has 108 valence electrons. The first kappa shape index (κ1) is 12.6. The molecule has 7 heteroatoms. The van der Waals surface area contributed by atoms with Gasteiger partial charge in [0, 0.05) is 18.0 Å². The van der Waals surface area contributed by atoms with Gasteiger partial charge in [-0.25, -0.2) is 4.98 Å². The summed E-state index contributed by atoms with van der Waals surface area (Å²) >= 11 is 1.78. The number of aromatic amines is 1. The third-order valence-corrected chi connectivity index (χ3v) is 4.52. The average molecular weight is 300 g/mol. The summed E-state index contributed by atoms with van der Waals surface area (Å²) in [5.41, 5.74) is 1.62. The molecule has 0 aliphatic heterocycles. The van der Waals surface area contributed by atoms with E-state index in [1.807, 2.05) is 7.05 Å². The zero-order valence-corrected chi connectivity index (χ0v) is 12.5. The van der Waals surface area contributed by atoms with Gasteiger partial charge in [-0.1, -0.05) is 6.07 Å². The molecule has 2 N–H and O–H groups in total. The molecule has 1 saturated carbocycles. The Morgan fingerprint density at radius 3 is 3.05 bits per heavy atom. The maximum absolute atomic E-state index is 4.67. The number of imidazole rings is 1. The van der Waals surface area contributed by atoms with Crippen molar-refractivity contribution < 1.29 is 0 Å². The highest BCUT2D eigenvalue weighted by Gasteiger charge is 2.32. The van der Waals surface area contributed by atoms with Gasteiger partial charge in [0.15, 0.2) is 11.5 Å². The van der Waals surface area contributed by atoms with Crippen molar-refractivity contribution in [1.29, 1.82) is 0 Å². The Kier molecular flexibility index (Phi) is 2.99. The van der Waals surface area contributed by atoms with Crippen LogP contribution in [0.15, 0.2) is 23.8 Å². The molecular formula is C14H16N6S. The third kappa shape index (κ3) is 2.33. The number of thiophene rings is 1. The molecule has 0 amide bonds. The van der Waals surface area contributed by atoms with Crippen LogP contribution >= 0.6 is 11.3 Å². The van der Waals surface area contributed by atoms with Crippen LogP contribution in [0, 0.1) is 0 Å². The maximum Gasteiger partial charge on any atom is 0.226 e. The first-order valence-electron chi connectivity index (χ1n) is 7.03. The molecule has 1 aliphatic rings. The van der Waals surface area contributed by atoms with Crippen LogP contribution in [-0.4, -0.2) is 33.0 Å². The Bertz CT molecular complexity index is 746. The second-order valence-electron chi connectivity index (χ2n) is 5.16. The molecule has 0 radical (unpaired) electrons. The van der Waals surface area contributed by atoms with E-state index in [2.05, 4.69) is 47.7 Å². The quantitative estimate of drug-likeness (QED) is 0.758. The molecule has 6 nitrogen and oxygen atoms in total. The third-order valence-electron chi connectivity index (χ3n) is 3.66. The topological polar surface area (TPSA) is 69.7 Å². The molecule has 3 aromatic rings. The predicted molar refractivity (Wildman–Crippen MR) is 84.8 cm³/mol. The molecule has 0 unspecified atom stereocenters. The van der Waals surface area contributed by atoms with Crippen molar-refractivity contribution in [2.24, 2.45) is 0 Å². The molecule has 0 aromatic carbocycles. The SMILES string of the molecule is CNc1nc(N(Cc2cccs2)C2CC2)c2[nH]cnc2n1. The van der Waals surface area contributed by atoms with Gasteiger partial charge in [0.1, 0.15) is 5.52 Å². The fraction of sp³-hybridized carbons (Fsp3) is 0.357. The monoisotopic (exact) mass is 300 g/mol. The van der Waals surface area contributed by atoms with Gasteiger partial charge in [0.25, 0.3) is 0 Å². The van der Waals surface area contributed by atoms with Gasteiger partial charge in [-0.15, -0.1) is 11.3 Å². The van der Waals surface area contributed by atoms with E-state index in [-0.39, 0.29) is 0 Å². The van der Waals surface area contributed by atoms with Crippen molar-refractivity contribution >= 4 is 34.3 Å². The van der Waals surface area contributed by atoms with E-state index in [1.165, 1.54) is 17.7 Å². The normalized spacial score (nSPS) is 14.5. The Morgan fingerprint density at radius 1 is 1.43 bits per heavy atom. The summed E-state index contributed by atoms with van der Waals surface area (Å²) < 4.78 is 0. The van der Waals surface area contributed by atoms with Gasteiger partial charge in [0.2, 0.25) is 5.95 Å². The van der Waals surface area contributed by atoms with Gasteiger partial charge in [-0.2, -0.15) is 9.97 Å². The highest BCUT2D eigenvalue weighted by Crippen LogP contribution is 2.35. The van der Waals surface area contributed by atoms with E-state index < -0.39 is 0 Å². The second kappa shape index (κ2) is 5.00. The van der Waals surface area contributed by atoms with E-state index in [1.54, 1.807) is 17.7 Å². The number of aromatic nitrogens is 4. The molecule has 21 heavy (non-hydrogen) atoms. The number of hydrogen-bond acceptors (Lipinski definition) is 6. The Hall–Kier alpha value is -2.15. The average Bonchev–Trinajstić information content (AvgIpc) is 3.02. The molecule has 4 rings (SSSR count). The zero-order chi connectivity index (χ0) is 14.2. The van der Waals surface area contributed by atoms with Crippen molar-refractivity contribution in [3.63, 3.8) is 0 Å².